The molecule has 0 saturated carbocycles. The highest BCUT2D eigenvalue weighted by Crippen LogP contribution is 1.91. The molecule has 14 heteroatoms. The summed E-state index contributed by atoms with van der Waals surface area (Å²) in [6.07, 6.45) is -0.665. The number of nitrogens with one attached hydrogen (secondary N) is 6. The molecule has 2 aromatic rings. The van der Waals surface area contributed by atoms with E-state index < -0.39 is 18.2 Å². The predicted octanol–water partition coefficient (Wildman–Crippen LogP) is -2.00. The van der Waals surface area contributed by atoms with Gasteiger partial charge < -0.3 is 10.6 Å². The molecule has 0 bridgehead atoms. The normalized spacial score (nSPS) is 10.1. The van der Waals surface area contributed by atoms with Crippen molar-refractivity contribution in [3.63, 3.8) is 0 Å². The lowest BCUT2D eigenvalue weighted by Crippen LogP contribution is -2.48. The molecule has 0 atom stereocenters. The summed E-state index contributed by atoms with van der Waals surface area (Å²) in [4.78, 5) is 22.9. The second-order valence-corrected chi connectivity index (χ2v) is 3.42. The van der Waals surface area contributed by atoms with Gasteiger partial charge in [0.1, 0.15) is 6.17 Å². The van der Waals surface area contributed by atoms with Gasteiger partial charge >= 0.3 is 12.1 Å². The molecular weight excluding hydrogens is 272 g/mol. The van der Waals surface area contributed by atoms with Crippen LogP contribution in [0.3, 0.4) is 0 Å². The van der Waals surface area contributed by atoms with Crippen LogP contribution in [0.2, 0.25) is 0 Å². The van der Waals surface area contributed by atoms with Crippen molar-refractivity contribution in [2.24, 2.45) is 0 Å². The maximum absolute atomic E-state index is 11.5. The van der Waals surface area contributed by atoms with Crippen molar-refractivity contribution in [2.75, 3.05) is 10.6 Å². The van der Waals surface area contributed by atoms with Crippen LogP contribution in [0.15, 0.2) is 0 Å². The average molecular weight is 282 g/mol. The largest absolute Gasteiger partial charge is 0.323 e. The first-order valence-corrected chi connectivity index (χ1v) is 5.26. The van der Waals surface area contributed by atoms with Crippen molar-refractivity contribution < 1.29 is 9.59 Å². The van der Waals surface area contributed by atoms with Gasteiger partial charge in [0.15, 0.2) is 0 Å². The number of H-pyrrole nitrogens is 2. The molecule has 0 aliphatic heterocycles. The average Bonchev–Trinajstić information content (AvgIpc) is 3.01. The van der Waals surface area contributed by atoms with Crippen LogP contribution >= 0.6 is 0 Å². The number of hydrogen-bond donors (Lipinski definition) is 6. The lowest BCUT2D eigenvalue weighted by atomic mass is 10.5. The number of carbonyl (C=O) groups is 2. The van der Waals surface area contributed by atoms with E-state index in [2.05, 4.69) is 62.5 Å². The van der Waals surface area contributed by atoms with Crippen molar-refractivity contribution in [1.82, 2.24) is 51.9 Å². The Morgan fingerprint density at radius 1 is 0.950 bits per heavy atom. The minimum absolute atomic E-state index is 0.0758. The number of nitrogens with zero attached hydrogens (tertiary/aromatic N) is 6. The van der Waals surface area contributed by atoms with Gasteiger partial charge in [-0.3, -0.25) is 10.6 Å². The maximum atomic E-state index is 11.5. The second kappa shape index (κ2) is 6.03. The summed E-state index contributed by atoms with van der Waals surface area (Å²) in [5.74, 6) is 0.152. The van der Waals surface area contributed by atoms with E-state index in [1.165, 1.54) is 0 Å². The molecule has 0 aliphatic carbocycles. The zero-order valence-electron chi connectivity index (χ0n) is 10.1. The maximum Gasteiger partial charge on any atom is 0.323 e. The summed E-state index contributed by atoms with van der Waals surface area (Å²) < 4.78 is 0. The number of hydrogen-bond acceptors (Lipinski definition) is 8. The van der Waals surface area contributed by atoms with Gasteiger partial charge in [-0.05, 0) is 27.8 Å². The quantitative estimate of drug-likeness (QED) is 0.347. The third-order valence-electron chi connectivity index (χ3n) is 1.85. The minimum Gasteiger partial charge on any atom is -0.318 e. The van der Waals surface area contributed by atoms with Gasteiger partial charge in [-0.2, -0.15) is 0 Å². The van der Waals surface area contributed by atoms with Crippen LogP contribution in [0.5, 0.6) is 0 Å². The lowest BCUT2D eigenvalue weighted by molar-refractivity contribution is 0.240. The minimum atomic E-state index is -0.665. The molecule has 2 rings (SSSR count). The number of aromatic amines is 2. The molecule has 0 spiro atoms. The molecule has 14 nitrogen and oxygen atoms in total. The van der Waals surface area contributed by atoms with E-state index in [-0.39, 0.29) is 11.9 Å². The second-order valence-electron chi connectivity index (χ2n) is 3.42. The molecule has 0 radical (unpaired) electrons. The van der Waals surface area contributed by atoms with Crippen LogP contribution < -0.4 is 21.3 Å². The number of rotatable bonds is 4. The molecule has 106 valence electrons. The van der Waals surface area contributed by atoms with Gasteiger partial charge in [0.05, 0.1) is 0 Å². The molecule has 2 heterocycles. The third kappa shape index (κ3) is 3.86. The Morgan fingerprint density at radius 3 is 1.75 bits per heavy atom. The highest BCUT2D eigenvalue weighted by Gasteiger charge is 2.12. The van der Waals surface area contributed by atoms with Gasteiger partial charge in [0, 0.05) is 0 Å². The summed E-state index contributed by atoms with van der Waals surface area (Å²) in [5.41, 5.74) is 0. The van der Waals surface area contributed by atoms with E-state index in [0.29, 0.717) is 0 Å². The van der Waals surface area contributed by atoms with Crippen molar-refractivity contribution in [3.05, 3.63) is 0 Å². The SMILES string of the molecule is CC(NC(=O)Nc1nnn[nH]1)NC(=O)Nc1nnn[nH]1. The fraction of sp³-hybridized carbons (Fsp3) is 0.333. The number of aromatic nitrogens is 8. The Kier molecular flexibility index (Phi) is 3.95. The van der Waals surface area contributed by atoms with Crippen molar-refractivity contribution >= 4 is 24.0 Å². The van der Waals surface area contributed by atoms with Crippen LogP contribution in [0.1, 0.15) is 6.92 Å². The van der Waals surface area contributed by atoms with E-state index in [1.807, 2.05) is 0 Å². The molecule has 0 aromatic carbocycles. The Balaban J connectivity index is 1.73. The summed E-state index contributed by atoms with van der Waals surface area (Å²) in [6, 6.07) is -1.20. The van der Waals surface area contributed by atoms with E-state index in [1.54, 1.807) is 6.92 Å². The lowest BCUT2D eigenvalue weighted by Gasteiger charge is -2.15. The number of anilines is 2. The number of tetrazole rings is 2. The standard InChI is InChI=1S/C6H10N12O2/c1-2(7-5(19)9-3-11-15-16-12-3)8-6(20)10-4-13-17-18-14-4/h2H,1H3,(H3,7,9,11,12,15,16,19)(H3,8,10,13,14,17,18,20). The topological polar surface area (TPSA) is 191 Å². The predicted molar refractivity (Wildman–Crippen MR) is 62.1 cm³/mol. The van der Waals surface area contributed by atoms with E-state index in [4.69, 9.17) is 0 Å². The molecule has 4 amide bonds. The van der Waals surface area contributed by atoms with Crippen LogP contribution in [0, 0.1) is 0 Å². The molecular formula is C6H10N12O2. The first-order valence-electron chi connectivity index (χ1n) is 5.26. The van der Waals surface area contributed by atoms with E-state index in [9.17, 15) is 9.59 Å². The summed E-state index contributed by atoms with van der Waals surface area (Å²) >= 11 is 0. The summed E-state index contributed by atoms with van der Waals surface area (Å²) in [5, 5.41) is 34.2. The van der Waals surface area contributed by atoms with Crippen molar-refractivity contribution in [3.8, 4) is 0 Å². The molecule has 0 saturated heterocycles. The Morgan fingerprint density at radius 2 is 1.40 bits per heavy atom. The van der Waals surface area contributed by atoms with E-state index >= 15 is 0 Å². The molecule has 6 N–H and O–H groups in total. The monoisotopic (exact) mass is 282 g/mol. The highest BCUT2D eigenvalue weighted by atomic mass is 16.2. The smallest absolute Gasteiger partial charge is 0.318 e. The molecule has 0 unspecified atom stereocenters. The van der Waals surface area contributed by atoms with Crippen LogP contribution in [-0.2, 0) is 0 Å². The van der Waals surface area contributed by atoms with Crippen LogP contribution in [0.4, 0.5) is 21.5 Å². The number of carbonyl (C=O) groups excluding carboxylic acids is 2. The van der Waals surface area contributed by atoms with Gasteiger partial charge in [0.25, 0.3) is 0 Å². The zero-order chi connectivity index (χ0) is 14.4. The Hall–Kier alpha value is -3.32. The first-order chi connectivity index (χ1) is 9.63. The van der Waals surface area contributed by atoms with Gasteiger partial charge in [0.2, 0.25) is 11.9 Å². The van der Waals surface area contributed by atoms with Crippen molar-refractivity contribution in [1.29, 1.82) is 0 Å². The highest BCUT2D eigenvalue weighted by molar-refractivity contribution is 5.89. The fourth-order valence-corrected chi connectivity index (χ4v) is 1.14. The number of amides is 4. The number of urea groups is 2. The Bertz CT molecular complexity index is 498. The van der Waals surface area contributed by atoms with Crippen LogP contribution in [0.25, 0.3) is 0 Å². The van der Waals surface area contributed by atoms with E-state index in [0.717, 1.165) is 0 Å². The molecule has 2 aromatic heterocycles. The molecule has 0 fully saturated rings. The summed E-state index contributed by atoms with van der Waals surface area (Å²) in [6.45, 7) is 1.55. The fourth-order valence-electron chi connectivity index (χ4n) is 1.14. The summed E-state index contributed by atoms with van der Waals surface area (Å²) in [7, 11) is 0. The third-order valence-corrected chi connectivity index (χ3v) is 1.85. The van der Waals surface area contributed by atoms with Gasteiger partial charge in [-0.1, -0.05) is 10.2 Å². The zero-order valence-corrected chi connectivity index (χ0v) is 10.1. The molecule has 0 aliphatic rings. The van der Waals surface area contributed by atoms with Gasteiger partial charge in [-0.25, -0.2) is 19.8 Å². The van der Waals surface area contributed by atoms with Crippen LogP contribution in [-0.4, -0.2) is 59.5 Å². The Labute approximate surface area is 110 Å². The van der Waals surface area contributed by atoms with Crippen molar-refractivity contribution in [2.45, 2.75) is 13.1 Å². The molecule has 20 heavy (non-hydrogen) atoms. The van der Waals surface area contributed by atoms with Gasteiger partial charge in [-0.15, -0.1) is 0 Å². The first kappa shape index (κ1) is 13.1.